The number of likely N-dealkylation sites (N-methyl/N-ethyl adjacent to an activating group) is 1. The van der Waals surface area contributed by atoms with E-state index in [1.165, 1.54) is 5.01 Å². The molecule has 0 aromatic heterocycles. The fourth-order valence-corrected chi connectivity index (χ4v) is 0.482. The van der Waals surface area contributed by atoms with Crippen LogP contribution in [0.15, 0.2) is 5.29 Å². The lowest BCUT2D eigenvalue weighted by Gasteiger charge is -2.07. The van der Waals surface area contributed by atoms with Crippen molar-refractivity contribution < 1.29 is 9.47 Å². The van der Waals surface area contributed by atoms with Crippen LogP contribution in [0.4, 0.5) is 0 Å². The Kier molecular flexibility index (Phi) is 6.97. The molecule has 0 heterocycles. The highest BCUT2D eigenvalue weighted by Gasteiger charge is 1.93. The molecule has 0 aliphatic rings. The van der Waals surface area contributed by atoms with Crippen molar-refractivity contribution in [2.75, 3.05) is 40.5 Å². The lowest BCUT2D eigenvalue weighted by Crippen LogP contribution is -2.17. The molecule has 66 valence electrons. The third-order valence-electron chi connectivity index (χ3n) is 1.13. The highest BCUT2D eigenvalue weighted by Crippen LogP contribution is 1.82. The largest absolute Gasteiger partial charge is 0.382 e. The minimum absolute atomic E-state index is 0.506. The number of hydrogen-bond donors (Lipinski definition) is 0. The summed E-state index contributed by atoms with van der Waals surface area (Å²) >= 11 is 0. The van der Waals surface area contributed by atoms with Gasteiger partial charge in [-0.2, -0.15) is 0 Å². The molecular weight excluding hydrogens is 148 g/mol. The summed E-state index contributed by atoms with van der Waals surface area (Å²) in [5, 5.41) is 3.96. The van der Waals surface area contributed by atoms with E-state index < -0.39 is 0 Å². The van der Waals surface area contributed by atoms with E-state index in [0.717, 1.165) is 0 Å². The van der Waals surface area contributed by atoms with Crippen molar-refractivity contribution in [2.45, 2.75) is 0 Å². The summed E-state index contributed by atoms with van der Waals surface area (Å²) in [6.45, 7) is 2.17. The molecular formula is C6H14N2O3. The van der Waals surface area contributed by atoms with Crippen molar-refractivity contribution in [1.82, 2.24) is 5.01 Å². The number of rotatable bonds is 7. The Morgan fingerprint density at radius 1 is 1.36 bits per heavy atom. The molecule has 0 bridgehead atoms. The summed E-state index contributed by atoms with van der Waals surface area (Å²) in [7, 11) is 3.22. The van der Waals surface area contributed by atoms with Gasteiger partial charge in [0.2, 0.25) is 0 Å². The minimum Gasteiger partial charge on any atom is -0.382 e. The Morgan fingerprint density at radius 3 is 2.64 bits per heavy atom. The van der Waals surface area contributed by atoms with E-state index in [1.54, 1.807) is 14.2 Å². The van der Waals surface area contributed by atoms with E-state index in [-0.39, 0.29) is 0 Å². The van der Waals surface area contributed by atoms with E-state index in [4.69, 9.17) is 9.47 Å². The van der Waals surface area contributed by atoms with Gasteiger partial charge in [-0.3, -0.25) is 5.01 Å². The molecule has 0 atom stereocenters. The van der Waals surface area contributed by atoms with Crippen LogP contribution < -0.4 is 0 Å². The molecule has 0 spiro atoms. The molecule has 0 rings (SSSR count). The number of hydrogen-bond acceptors (Lipinski definition) is 4. The Hall–Kier alpha value is -0.680. The van der Waals surface area contributed by atoms with Gasteiger partial charge < -0.3 is 9.47 Å². The Balaban J connectivity index is 2.95. The van der Waals surface area contributed by atoms with Crippen molar-refractivity contribution in [3.8, 4) is 0 Å². The van der Waals surface area contributed by atoms with E-state index in [1.807, 2.05) is 0 Å². The zero-order chi connectivity index (χ0) is 8.53. The number of nitrogens with zero attached hydrogens (tertiary/aromatic N) is 2. The smallest absolute Gasteiger partial charge is 0.0701 e. The molecule has 0 amide bonds. The number of ether oxygens (including phenoxy) is 2. The van der Waals surface area contributed by atoms with Gasteiger partial charge in [-0.05, 0) is 0 Å². The van der Waals surface area contributed by atoms with E-state index in [2.05, 4.69) is 5.29 Å². The second-order valence-electron chi connectivity index (χ2n) is 2.07. The van der Waals surface area contributed by atoms with Crippen LogP contribution in [0.25, 0.3) is 0 Å². The van der Waals surface area contributed by atoms with Crippen molar-refractivity contribution in [3.63, 3.8) is 0 Å². The summed E-state index contributed by atoms with van der Waals surface area (Å²) < 4.78 is 9.83. The molecule has 5 nitrogen and oxygen atoms in total. The van der Waals surface area contributed by atoms with Crippen LogP contribution in [0.3, 0.4) is 0 Å². The molecule has 0 aliphatic heterocycles. The zero-order valence-electron chi connectivity index (χ0n) is 6.95. The number of methoxy groups -OCH3 is 1. The summed E-state index contributed by atoms with van der Waals surface area (Å²) in [5.74, 6) is 0. The molecule has 0 saturated carbocycles. The van der Waals surface area contributed by atoms with Crippen molar-refractivity contribution >= 4 is 0 Å². The predicted octanol–water partition coefficient (Wildman–Crippen LogP) is 0.263. The third-order valence-corrected chi connectivity index (χ3v) is 1.13. The van der Waals surface area contributed by atoms with Crippen molar-refractivity contribution in [1.29, 1.82) is 0 Å². The maximum Gasteiger partial charge on any atom is 0.0701 e. The summed E-state index contributed by atoms with van der Waals surface area (Å²) in [6, 6.07) is 0. The molecule has 0 N–H and O–H groups in total. The second-order valence-corrected chi connectivity index (χ2v) is 2.07. The molecule has 0 fully saturated rings. The minimum atomic E-state index is 0.506. The molecule has 0 aliphatic carbocycles. The monoisotopic (exact) mass is 162 g/mol. The van der Waals surface area contributed by atoms with Gasteiger partial charge in [-0.25, -0.2) is 0 Å². The first-order chi connectivity index (χ1) is 5.31. The molecule has 0 unspecified atom stereocenters. The summed E-state index contributed by atoms with van der Waals surface area (Å²) in [6.07, 6.45) is 0. The van der Waals surface area contributed by atoms with Crippen LogP contribution >= 0.6 is 0 Å². The van der Waals surface area contributed by atoms with Gasteiger partial charge in [-0.15, -0.1) is 4.91 Å². The first kappa shape index (κ1) is 10.3. The van der Waals surface area contributed by atoms with E-state index in [9.17, 15) is 4.91 Å². The lowest BCUT2D eigenvalue weighted by atomic mass is 10.6. The van der Waals surface area contributed by atoms with Crippen LogP contribution in [-0.2, 0) is 9.47 Å². The summed E-state index contributed by atoms with van der Waals surface area (Å²) in [5.41, 5.74) is 0. The quantitative estimate of drug-likeness (QED) is 0.306. The molecule has 11 heavy (non-hydrogen) atoms. The van der Waals surface area contributed by atoms with Gasteiger partial charge in [0.25, 0.3) is 0 Å². The standard InChI is InChI=1S/C6H14N2O3/c1-8(7-9)3-4-11-6-5-10-2/h3-6H2,1-2H3. The SMILES string of the molecule is COCCOCCN(C)N=O. The molecule has 5 heteroatoms. The number of nitroso groups, excluding NO2 is 1. The van der Waals surface area contributed by atoms with E-state index >= 15 is 0 Å². The van der Waals surface area contributed by atoms with Crippen molar-refractivity contribution in [3.05, 3.63) is 4.91 Å². The Bertz CT molecular complexity index is 99.8. The van der Waals surface area contributed by atoms with E-state index in [0.29, 0.717) is 26.4 Å². The van der Waals surface area contributed by atoms with Crippen molar-refractivity contribution in [2.24, 2.45) is 5.29 Å². The zero-order valence-corrected chi connectivity index (χ0v) is 6.95. The van der Waals surface area contributed by atoms with Crippen LogP contribution in [0.5, 0.6) is 0 Å². The molecule has 0 aromatic rings. The average molecular weight is 162 g/mol. The normalized spacial score (nSPS) is 9.64. The summed E-state index contributed by atoms with van der Waals surface area (Å²) in [4.78, 5) is 9.82. The first-order valence-electron chi connectivity index (χ1n) is 3.42. The topological polar surface area (TPSA) is 51.1 Å². The highest BCUT2D eigenvalue weighted by atomic mass is 16.5. The van der Waals surface area contributed by atoms with Gasteiger partial charge in [0.1, 0.15) is 0 Å². The second kappa shape index (κ2) is 7.43. The highest BCUT2D eigenvalue weighted by molar-refractivity contribution is 4.40. The van der Waals surface area contributed by atoms with Gasteiger partial charge in [-0.1, -0.05) is 0 Å². The lowest BCUT2D eigenvalue weighted by molar-refractivity contribution is 0.0607. The van der Waals surface area contributed by atoms with Gasteiger partial charge in [0.05, 0.1) is 31.7 Å². The maximum atomic E-state index is 9.82. The fraction of sp³-hybridized carbons (Fsp3) is 1.00. The van der Waals surface area contributed by atoms with Crippen LogP contribution in [0, 0.1) is 4.91 Å². The van der Waals surface area contributed by atoms with Crippen LogP contribution in [0.2, 0.25) is 0 Å². The van der Waals surface area contributed by atoms with Crippen LogP contribution in [-0.4, -0.2) is 45.5 Å². The fourth-order valence-electron chi connectivity index (χ4n) is 0.482. The van der Waals surface area contributed by atoms with Gasteiger partial charge in [0, 0.05) is 14.2 Å². The Morgan fingerprint density at radius 2 is 2.09 bits per heavy atom. The maximum absolute atomic E-state index is 9.82. The Labute approximate surface area is 66.2 Å². The molecule has 0 saturated heterocycles. The molecule has 0 radical (unpaired) electrons. The van der Waals surface area contributed by atoms with Crippen LogP contribution in [0.1, 0.15) is 0 Å². The predicted molar refractivity (Wildman–Crippen MR) is 41.1 cm³/mol. The van der Waals surface area contributed by atoms with Gasteiger partial charge in [0.15, 0.2) is 0 Å². The van der Waals surface area contributed by atoms with Gasteiger partial charge >= 0.3 is 0 Å². The third kappa shape index (κ3) is 7.21. The average Bonchev–Trinajstić information content (AvgIpc) is 2.04. The molecule has 0 aromatic carbocycles. The first-order valence-corrected chi connectivity index (χ1v) is 3.42.